The topological polar surface area (TPSA) is 65.2 Å². The van der Waals surface area contributed by atoms with Gasteiger partial charge < -0.3 is 10.2 Å². The zero-order valence-corrected chi connectivity index (χ0v) is 7.44. The number of nitrogens with zero attached hydrogens (tertiary/aromatic N) is 2. The summed E-state index contributed by atoms with van der Waals surface area (Å²) >= 11 is 0. The molecule has 0 radical (unpaired) electrons. The van der Waals surface area contributed by atoms with E-state index >= 15 is 0 Å². The molecule has 0 fully saturated rings. The molecule has 0 spiro atoms. The van der Waals surface area contributed by atoms with Crippen LogP contribution in [0.3, 0.4) is 0 Å². The summed E-state index contributed by atoms with van der Waals surface area (Å²) in [6.07, 6.45) is 0. The van der Waals surface area contributed by atoms with Crippen LogP contribution in [-0.2, 0) is 5.54 Å². The van der Waals surface area contributed by atoms with Crippen LogP contribution >= 0.6 is 0 Å². The molecule has 0 atom stereocenters. The van der Waals surface area contributed by atoms with Crippen molar-refractivity contribution < 1.29 is 10.2 Å². The number of hydrogen-bond acceptors (Lipinski definition) is 4. The van der Waals surface area contributed by atoms with E-state index in [9.17, 15) is 10.2 Å². The van der Waals surface area contributed by atoms with Crippen molar-refractivity contribution in [1.29, 1.82) is 0 Å². The molecule has 4 heteroatoms. The summed E-state index contributed by atoms with van der Waals surface area (Å²) in [7, 11) is 0. The summed E-state index contributed by atoms with van der Waals surface area (Å²) in [6, 6.07) is 2.86. The van der Waals surface area contributed by atoms with E-state index in [1.54, 1.807) is 0 Å². The van der Waals surface area contributed by atoms with Crippen LogP contribution in [0.1, 0.15) is 19.4 Å². The van der Waals surface area contributed by atoms with Crippen LogP contribution < -0.4 is 0 Å². The lowest BCUT2D eigenvalue weighted by Gasteiger charge is -2.15. The molecule has 1 aliphatic rings. The first kappa shape index (κ1) is 8.04. The number of azo groups is 1. The van der Waals surface area contributed by atoms with Crippen LogP contribution in [0.4, 0.5) is 5.69 Å². The summed E-state index contributed by atoms with van der Waals surface area (Å²) in [5, 5.41) is 26.8. The van der Waals surface area contributed by atoms with Crippen molar-refractivity contribution in [2.45, 2.75) is 19.4 Å². The predicted molar refractivity (Wildman–Crippen MR) is 47.3 cm³/mol. The Kier molecular flexibility index (Phi) is 1.37. The van der Waals surface area contributed by atoms with Crippen molar-refractivity contribution in [1.82, 2.24) is 0 Å². The van der Waals surface area contributed by atoms with E-state index in [0.29, 0.717) is 11.3 Å². The van der Waals surface area contributed by atoms with Gasteiger partial charge >= 0.3 is 0 Å². The van der Waals surface area contributed by atoms with E-state index in [1.807, 2.05) is 13.8 Å². The molecular weight excluding hydrogens is 168 g/mol. The van der Waals surface area contributed by atoms with Gasteiger partial charge in [0.15, 0.2) is 0 Å². The van der Waals surface area contributed by atoms with E-state index in [0.717, 1.165) is 0 Å². The number of aromatic hydroxyl groups is 2. The number of phenolic OH excluding ortho intramolecular Hbond substituents is 2. The predicted octanol–water partition coefficient (Wildman–Crippen LogP) is 2.43. The van der Waals surface area contributed by atoms with Crippen molar-refractivity contribution in [3.8, 4) is 11.5 Å². The molecule has 0 saturated heterocycles. The van der Waals surface area contributed by atoms with Crippen molar-refractivity contribution in [2.24, 2.45) is 10.2 Å². The highest BCUT2D eigenvalue weighted by atomic mass is 16.3. The lowest BCUT2D eigenvalue weighted by atomic mass is 9.94. The van der Waals surface area contributed by atoms with Gasteiger partial charge in [-0.15, -0.1) is 0 Å². The molecule has 2 N–H and O–H groups in total. The molecule has 1 aromatic carbocycles. The maximum absolute atomic E-state index is 9.56. The molecule has 0 bridgehead atoms. The standard InChI is InChI=1S/C9H10N2O2/c1-9(2)7-5(12)3-4-6(13)8(7)10-11-9/h3-4,12-13H,1-2H3. The van der Waals surface area contributed by atoms with Gasteiger partial charge in [-0.05, 0) is 26.0 Å². The number of phenols is 2. The summed E-state index contributed by atoms with van der Waals surface area (Å²) in [4.78, 5) is 0. The highest BCUT2D eigenvalue weighted by Gasteiger charge is 2.33. The van der Waals surface area contributed by atoms with Gasteiger partial charge in [0.05, 0.1) is 5.56 Å². The second kappa shape index (κ2) is 2.22. The van der Waals surface area contributed by atoms with Crippen molar-refractivity contribution in [3.05, 3.63) is 17.7 Å². The fourth-order valence-electron chi connectivity index (χ4n) is 1.50. The fourth-order valence-corrected chi connectivity index (χ4v) is 1.50. The molecule has 0 amide bonds. The highest BCUT2D eigenvalue weighted by Crippen LogP contribution is 2.49. The Morgan fingerprint density at radius 2 is 1.77 bits per heavy atom. The van der Waals surface area contributed by atoms with Crippen LogP contribution in [0.25, 0.3) is 0 Å². The van der Waals surface area contributed by atoms with Crippen LogP contribution in [0, 0.1) is 0 Å². The average molecular weight is 178 g/mol. The van der Waals surface area contributed by atoms with Gasteiger partial charge in [-0.25, -0.2) is 0 Å². The van der Waals surface area contributed by atoms with Gasteiger partial charge in [0.2, 0.25) is 0 Å². The minimum atomic E-state index is -0.543. The lowest BCUT2D eigenvalue weighted by Crippen LogP contribution is -2.09. The Labute approximate surface area is 75.6 Å². The Bertz CT molecular complexity index is 397. The van der Waals surface area contributed by atoms with Crippen LogP contribution in [0.5, 0.6) is 11.5 Å². The van der Waals surface area contributed by atoms with E-state index in [4.69, 9.17) is 0 Å². The molecule has 0 saturated carbocycles. The van der Waals surface area contributed by atoms with Gasteiger partial charge in [0, 0.05) is 0 Å². The first-order chi connectivity index (χ1) is 6.02. The Hall–Kier alpha value is -1.58. The maximum Gasteiger partial charge on any atom is 0.143 e. The first-order valence-electron chi connectivity index (χ1n) is 4.01. The van der Waals surface area contributed by atoms with Crippen molar-refractivity contribution in [2.75, 3.05) is 0 Å². The molecular formula is C9H10N2O2. The van der Waals surface area contributed by atoms with Crippen LogP contribution in [-0.4, -0.2) is 10.2 Å². The van der Waals surface area contributed by atoms with E-state index in [1.165, 1.54) is 12.1 Å². The molecule has 0 aromatic heterocycles. The second-order valence-corrected chi connectivity index (χ2v) is 3.59. The molecule has 1 aromatic rings. The smallest absolute Gasteiger partial charge is 0.143 e. The largest absolute Gasteiger partial charge is 0.507 e. The third-order valence-electron chi connectivity index (χ3n) is 2.15. The zero-order chi connectivity index (χ0) is 9.64. The molecule has 13 heavy (non-hydrogen) atoms. The molecule has 0 aliphatic carbocycles. The second-order valence-electron chi connectivity index (χ2n) is 3.59. The Morgan fingerprint density at radius 3 is 2.38 bits per heavy atom. The number of benzene rings is 1. The van der Waals surface area contributed by atoms with Gasteiger partial charge in [0.25, 0.3) is 0 Å². The SMILES string of the molecule is CC1(C)N=Nc2c(O)ccc(O)c21. The molecule has 0 unspecified atom stereocenters. The fraction of sp³-hybridized carbons (Fsp3) is 0.333. The quantitative estimate of drug-likeness (QED) is 0.599. The maximum atomic E-state index is 9.56. The highest BCUT2D eigenvalue weighted by molar-refractivity contribution is 5.65. The molecule has 1 heterocycles. The molecule has 2 rings (SSSR count). The molecule has 4 nitrogen and oxygen atoms in total. The van der Waals surface area contributed by atoms with E-state index in [-0.39, 0.29) is 11.5 Å². The van der Waals surface area contributed by atoms with E-state index < -0.39 is 5.54 Å². The minimum Gasteiger partial charge on any atom is -0.507 e. The number of rotatable bonds is 0. The summed E-state index contributed by atoms with van der Waals surface area (Å²) in [5.41, 5.74) is 0.426. The zero-order valence-electron chi connectivity index (χ0n) is 7.44. The summed E-state index contributed by atoms with van der Waals surface area (Å²) in [5.74, 6) is 0.185. The number of hydrogen-bond donors (Lipinski definition) is 2. The van der Waals surface area contributed by atoms with Gasteiger partial charge in [-0.1, -0.05) is 0 Å². The average Bonchev–Trinajstić information content (AvgIpc) is 2.36. The first-order valence-corrected chi connectivity index (χ1v) is 4.01. The molecule has 68 valence electrons. The summed E-state index contributed by atoms with van der Waals surface area (Å²) in [6.45, 7) is 3.67. The number of fused-ring (bicyclic) bond motifs is 1. The van der Waals surface area contributed by atoms with Crippen LogP contribution in [0.15, 0.2) is 22.4 Å². The van der Waals surface area contributed by atoms with Gasteiger partial charge in [-0.3, -0.25) is 0 Å². The normalized spacial score (nSPS) is 17.4. The monoisotopic (exact) mass is 178 g/mol. The third-order valence-corrected chi connectivity index (χ3v) is 2.15. The minimum absolute atomic E-state index is 0.0575. The van der Waals surface area contributed by atoms with Gasteiger partial charge in [0.1, 0.15) is 22.7 Å². The Balaban J connectivity index is 2.76. The third kappa shape index (κ3) is 0.983. The lowest BCUT2D eigenvalue weighted by molar-refractivity contribution is 0.438. The van der Waals surface area contributed by atoms with Crippen molar-refractivity contribution in [3.63, 3.8) is 0 Å². The molecule has 1 aliphatic heterocycles. The summed E-state index contributed by atoms with van der Waals surface area (Å²) < 4.78 is 0. The van der Waals surface area contributed by atoms with E-state index in [2.05, 4.69) is 10.2 Å². The van der Waals surface area contributed by atoms with Crippen molar-refractivity contribution >= 4 is 5.69 Å². The van der Waals surface area contributed by atoms with Crippen LogP contribution in [0.2, 0.25) is 0 Å². The Morgan fingerprint density at radius 1 is 1.15 bits per heavy atom. The van der Waals surface area contributed by atoms with Gasteiger partial charge in [-0.2, -0.15) is 10.2 Å².